The van der Waals surface area contributed by atoms with Crippen molar-refractivity contribution in [3.05, 3.63) is 192 Å². The Morgan fingerprint density at radius 3 is 1.49 bits per heavy atom. The van der Waals surface area contributed by atoms with Crippen LogP contribution in [0.25, 0.3) is 45.3 Å². The summed E-state index contributed by atoms with van der Waals surface area (Å²) in [6, 6.07) is 62.1. The van der Waals surface area contributed by atoms with Gasteiger partial charge in [0.1, 0.15) is 0 Å². The number of anilines is 3. The van der Waals surface area contributed by atoms with Gasteiger partial charge in [0.25, 0.3) is 0 Å². The van der Waals surface area contributed by atoms with Gasteiger partial charge in [0.2, 0.25) is 0 Å². The van der Waals surface area contributed by atoms with Gasteiger partial charge in [0.05, 0.1) is 11.4 Å². The molecule has 8 aromatic rings. The number of aromatic nitrogens is 3. The van der Waals surface area contributed by atoms with Gasteiger partial charge in [0.15, 0.2) is 17.5 Å². The Hall–Kier alpha value is -6.30. The summed E-state index contributed by atoms with van der Waals surface area (Å²) in [6.45, 7) is 4.91. The highest BCUT2D eigenvalue weighted by Gasteiger charge is 2.62. The summed E-state index contributed by atoms with van der Waals surface area (Å²) < 4.78 is 0. The number of hydrogen-bond donors (Lipinski definition) is 0. The zero-order valence-electron chi connectivity index (χ0n) is 35.7. The summed E-state index contributed by atoms with van der Waals surface area (Å²) >= 11 is 1.82. The van der Waals surface area contributed by atoms with Crippen molar-refractivity contribution >= 4 is 28.8 Å². The van der Waals surface area contributed by atoms with Crippen molar-refractivity contribution in [2.75, 3.05) is 4.90 Å². The lowest BCUT2D eigenvalue weighted by atomic mass is 9.39. The molecule has 14 rings (SSSR count). The van der Waals surface area contributed by atoms with Gasteiger partial charge in [-0.3, -0.25) is 0 Å². The maximum atomic E-state index is 5.17. The largest absolute Gasteiger partial charge is 0.308 e. The fraction of sp³-hybridized carbons (Fsp3) is 0.224. The number of fused-ring (bicyclic) bond motifs is 4. The SMILES string of the molecule is CC1(C)c2ccccc2C2(c3cc(-c4ccc(-c5nc(-c6ccccc6)nc(-c6ccc(N7c8ccccc8Sc8ccccc87)cc6)n5)cc4)ccc31)C1CC3CC(C1)CC2C3. The molecule has 0 radical (unpaired) electrons. The van der Waals surface area contributed by atoms with Crippen molar-refractivity contribution in [2.45, 2.75) is 66.6 Å². The molecule has 0 saturated heterocycles. The van der Waals surface area contributed by atoms with Gasteiger partial charge in [-0.25, -0.2) is 15.0 Å². The predicted molar refractivity (Wildman–Crippen MR) is 257 cm³/mol. The molecule has 1 aromatic heterocycles. The lowest BCUT2D eigenvalue weighted by molar-refractivity contribution is -0.0443. The van der Waals surface area contributed by atoms with Gasteiger partial charge in [-0.1, -0.05) is 141 Å². The first-order valence-electron chi connectivity index (χ1n) is 22.9. The van der Waals surface area contributed by atoms with Crippen molar-refractivity contribution in [2.24, 2.45) is 23.7 Å². The third-order valence-electron chi connectivity index (χ3n) is 15.6. The van der Waals surface area contributed by atoms with Crippen molar-refractivity contribution in [1.82, 2.24) is 15.0 Å². The number of nitrogens with zero attached hydrogens (tertiary/aromatic N) is 4. The molecule has 5 aliphatic carbocycles. The number of hydrogen-bond acceptors (Lipinski definition) is 5. The van der Waals surface area contributed by atoms with Crippen molar-refractivity contribution in [1.29, 1.82) is 0 Å². The molecule has 2 heterocycles. The van der Waals surface area contributed by atoms with Crippen LogP contribution in [-0.4, -0.2) is 15.0 Å². The lowest BCUT2D eigenvalue weighted by Gasteiger charge is -2.64. The molecule has 0 N–H and O–H groups in total. The van der Waals surface area contributed by atoms with Gasteiger partial charge in [-0.2, -0.15) is 0 Å². The molecule has 5 heteroatoms. The van der Waals surface area contributed by atoms with Crippen molar-refractivity contribution in [3.63, 3.8) is 0 Å². The molecule has 7 aromatic carbocycles. The maximum Gasteiger partial charge on any atom is 0.164 e. The molecule has 0 unspecified atom stereocenters. The van der Waals surface area contributed by atoms with Crippen molar-refractivity contribution in [3.8, 4) is 45.3 Å². The topological polar surface area (TPSA) is 41.9 Å². The minimum atomic E-state index is -0.0506. The van der Waals surface area contributed by atoms with Crippen LogP contribution in [0.1, 0.15) is 68.2 Å². The molecular formula is C58H48N4S. The average Bonchev–Trinajstić information content (AvgIpc) is 3.33. The van der Waals surface area contributed by atoms with Gasteiger partial charge in [-0.05, 0) is 144 Å². The average molecular weight is 833 g/mol. The summed E-state index contributed by atoms with van der Waals surface area (Å²) in [6.07, 6.45) is 6.97. The minimum Gasteiger partial charge on any atom is -0.308 e. The van der Waals surface area contributed by atoms with E-state index >= 15 is 0 Å². The number of rotatable bonds is 5. The highest BCUT2D eigenvalue weighted by Crippen LogP contribution is 2.69. The zero-order valence-corrected chi connectivity index (χ0v) is 36.5. The molecule has 4 fully saturated rings. The van der Waals surface area contributed by atoms with Gasteiger partial charge < -0.3 is 4.90 Å². The molecule has 1 aliphatic heterocycles. The molecule has 4 nitrogen and oxygen atoms in total. The Bertz CT molecular complexity index is 3010. The lowest BCUT2D eigenvalue weighted by Crippen LogP contribution is -2.58. The van der Waals surface area contributed by atoms with Crippen LogP contribution in [0.15, 0.2) is 180 Å². The fourth-order valence-corrected chi connectivity index (χ4v) is 14.1. The molecule has 306 valence electrons. The molecule has 6 aliphatic rings. The maximum absolute atomic E-state index is 5.17. The van der Waals surface area contributed by atoms with E-state index in [4.69, 9.17) is 15.0 Å². The second kappa shape index (κ2) is 14.1. The first-order chi connectivity index (χ1) is 30.9. The normalized spacial score (nSPS) is 23.2. The highest BCUT2D eigenvalue weighted by molar-refractivity contribution is 7.99. The van der Waals surface area contributed by atoms with Crippen molar-refractivity contribution < 1.29 is 0 Å². The molecule has 63 heavy (non-hydrogen) atoms. The summed E-state index contributed by atoms with van der Waals surface area (Å²) in [5.41, 5.74) is 15.2. The van der Waals surface area contributed by atoms with Crippen LogP contribution >= 0.6 is 11.8 Å². The third kappa shape index (κ3) is 5.71. The Labute approximate surface area is 374 Å². The van der Waals surface area contributed by atoms with Crippen LogP contribution < -0.4 is 4.90 Å². The van der Waals surface area contributed by atoms with E-state index in [1.165, 1.54) is 70.0 Å². The summed E-state index contributed by atoms with van der Waals surface area (Å²) in [4.78, 5) is 20.2. The van der Waals surface area contributed by atoms with Crippen LogP contribution in [0.3, 0.4) is 0 Å². The van der Waals surface area contributed by atoms with Gasteiger partial charge >= 0.3 is 0 Å². The van der Waals surface area contributed by atoms with E-state index in [0.29, 0.717) is 29.3 Å². The molecule has 0 atom stereocenters. The molecule has 1 spiro atoms. The van der Waals surface area contributed by atoms with Crippen LogP contribution in [0.2, 0.25) is 0 Å². The Kier molecular flexibility index (Phi) is 8.34. The van der Waals surface area contributed by atoms with Gasteiger partial charge in [0, 0.05) is 43.0 Å². The molecule has 0 amide bonds. The first kappa shape index (κ1) is 37.3. The smallest absolute Gasteiger partial charge is 0.164 e. The Morgan fingerprint density at radius 2 is 0.889 bits per heavy atom. The Morgan fingerprint density at radius 1 is 0.429 bits per heavy atom. The fourth-order valence-electron chi connectivity index (χ4n) is 13.0. The van der Waals surface area contributed by atoms with E-state index in [9.17, 15) is 0 Å². The monoisotopic (exact) mass is 832 g/mol. The quantitative estimate of drug-likeness (QED) is 0.173. The second-order valence-electron chi connectivity index (χ2n) is 19.3. The predicted octanol–water partition coefficient (Wildman–Crippen LogP) is 14.9. The minimum absolute atomic E-state index is 0.0506. The van der Waals surface area contributed by atoms with Crippen LogP contribution in [-0.2, 0) is 10.8 Å². The summed E-state index contributed by atoms with van der Waals surface area (Å²) in [5.74, 6) is 5.24. The highest BCUT2D eigenvalue weighted by atomic mass is 32.2. The second-order valence-corrected chi connectivity index (χ2v) is 20.4. The standard InChI is InChI=1S/C58H48N4S/c1-57(2)46-14-6-7-15-48(46)58(43-31-36-30-37(33-43)34-44(58)32-36)49-35-42(26-29-47(49)57)38-20-22-40(23-21-38)55-59-54(39-12-4-3-5-13-39)60-56(61-55)41-24-27-45(28-25-41)62-50-16-8-10-18-52(50)63-53-19-11-9-17-51(53)62/h3-29,35-37,43-44H,30-34H2,1-2H3. The van der Waals surface area contributed by atoms with E-state index in [1.54, 1.807) is 16.7 Å². The van der Waals surface area contributed by atoms with Crippen LogP contribution in [0, 0.1) is 23.7 Å². The zero-order chi connectivity index (χ0) is 41.9. The molecule has 4 saturated carbocycles. The van der Waals surface area contributed by atoms with E-state index in [2.05, 4.69) is 170 Å². The van der Waals surface area contributed by atoms with Crippen LogP contribution in [0.4, 0.5) is 17.1 Å². The van der Waals surface area contributed by atoms with E-state index in [-0.39, 0.29) is 10.8 Å². The van der Waals surface area contributed by atoms with E-state index in [1.807, 2.05) is 30.0 Å². The Balaban J connectivity index is 0.875. The molecule has 4 bridgehead atoms. The summed E-state index contributed by atoms with van der Waals surface area (Å²) in [7, 11) is 0. The number of benzene rings is 7. The van der Waals surface area contributed by atoms with Gasteiger partial charge in [-0.15, -0.1) is 0 Å². The first-order valence-corrected chi connectivity index (χ1v) is 23.7. The van der Waals surface area contributed by atoms with E-state index in [0.717, 1.165) is 34.2 Å². The van der Waals surface area contributed by atoms with Crippen LogP contribution in [0.5, 0.6) is 0 Å². The molecular weight excluding hydrogens is 785 g/mol. The van der Waals surface area contributed by atoms with E-state index < -0.39 is 0 Å². The third-order valence-corrected chi connectivity index (χ3v) is 16.7. The summed E-state index contributed by atoms with van der Waals surface area (Å²) in [5, 5.41) is 0. The number of para-hydroxylation sites is 2.